The van der Waals surface area contributed by atoms with Crippen LogP contribution in [0.3, 0.4) is 0 Å². The van der Waals surface area contributed by atoms with Crippen molar-refractivity contribution in [3.63, 3.8) is 0 Å². The minimum absolute atomic E-state index is 0.227. The van der Waals surface area contributed by atoms with Gasteiger partial charge < -0.3 is 77.6 Å². The summed E-state index contributed by atoms with van der Waals surface area (Å²) in [6, 6.07) is 38.3. The van der Waals surface area contributed by atoms with Gasteiger partial charge in [-0.2, -0.15) is 0 Å². The van der Waals surface area contributed by atoms with Gasteiger partial charge in [0.05, 0.1) is 26.4 Å². The second-order valence-electron chi connectivity index (χ2n) is 19.0. The number of rotatable bonds is 22. The van der Waals surface area contributed by atoms with E-state index in [0.29, 0.717) is 66.8 Å². The quantitative estimate of drug-likeness (QED) is 0.0350. The molecule has 20 nitrogen and oxygen atoms in total. The number of hydrogen-bond donors (Lipinski definition) is 5. The lowest BCUT2D eigenvalue weighted by Crippen LogP contribution is -2.63. The van der Waals surface area contributed by atoms with E-state index in [2.05, 4.69) is 0 Å². The molecule has 2 aliphatic rings. The van der Waals surface area contributed by atoms with Gasteiger partial charge in [-0.15, -0.1) is 0 Å². The third-order valence-corrected chi connectivity index (χ3v) is 12.6. The fraction of sp³-hybridized carbons (Fsp3) is 0.355. The molecule has 6 aromatic carbocycles. The number of aliphatic hydroxyl groups excluding tert-OH is 4. The number of carbonyl (C=O) groups is 4. The SMILES string of the molecule is CC(=O)OC[C@H]1OC(Oc2ccccc2CCOc2ccc(F)cc2)[C@H](OC(C)=O)[C@@H](OC(C)=O)[C@@H]1OC(C)=O.OC[C@H]1OC(Oc2ccccc2CCOc2ccc(F)cc2)[C@H](O)[C@@H](O)[C@@H]1O.Oc1ccccc1CCOc1ccc(F)cc1. The number of halogens is 3. The van der Waals surface area contributed by atoms with Crippen LogP contribution in [-0.2, 0) is 66.9 Å². The zero-order chi connectivity index (χ0) is 61.4. The smallest absolute Gasteiger partial charge is 0.303 e. The molecule has 85 heavy (non-hydrogen) atoms. The van der Waals surface area contributed by atoms with Crippen LogP contribution in [0.25, 0.3) is 0 Å². The predicted octanol–water partition coefficient (Wildman–Crippen LogP) is 6.69. The zero-order valence-corrected chi connectivity index (χ0v) is 46.8. The van der Waals surface area contributed by atoms with E-state index in [9.17, 15) is 57.9 Å². The van der Waals surface area contributed by atoms with Crippen LogP contribution >= 0.6 is 0 Å². The molecule has 23 heteroatoms. The van der Waals surface area contributed by atoms with Crippen molar-refractivity contribution in [1.29, 1.82) is 0 Å². The van der Waals surface area contributed by atoms with Crippen LogP contribution in [0.2, 0.25) is 0 Å². The second-order valence-corrected chi connectivity index (χ2v) is 19.0. The number of para-hydroxylation sites is 3. The fourth-order valence-corrected chi connectivity index (χ4v) is 8.50. The maximum Gasteiger partial charge on any atom is 0.303 e. The van der Waals surface area contributed by atoms with Gasteiger partial charge in [0.25, 0.3) is 0 Å². The molecule has 0 saturated carbocycles. The van der Waals surface area contributed by atoms with Gasteiger partial charge in [-0.25, -0.2) is 13.2 Å². The highest BCUT2D eigenvalue weighted by Gasteiger charge is 2.53. The topological polar surface area (TPSA) is 271 Å². The lowest BCUT2D eigenvalue weighted by molar-refractivity contribution is -0.288. The van der Waals surface area contributed by atoms with E-state index in [0.717, 1.165) is 31.9 Å². The third-order valence-electron chi connectivity index (χ3n) is 12.6. The van der Waals surface area contributed by atoms with Crippen molar-refractivity contribution in [2.45, 2.75) is 108 Å². The Kier molecular flexibility index (Phi) is 25.6. The number of phenols is 1. The molecule has 0 bridgehead atoms. The van der Waals surface area contributed by atoms with E-state index in [1.54, 1.807) is 60.7 Å². The minimum Gasteiger partial charge on any atom is -0.508 e. The van der Waals surface area contributed by atoms with E-state index < -0.39 is 91.9 Å². The van der Waals surface area contributed by atoms with Crippen molar-refractivity contribution >= 4 is 23.9 Å². The summed E-state index contributed by atoms with van der Waals surface area (Å²) in [6.45, 7) is 4.69. The number of esters is 4. The molecule has 2 saturated heterocycles. The van der Waals surface area contributed by atoms with Crippen LogP contribution in [-0.4, -0.2) is 144 Å². The fourth-order valence-electron chi connectivity index (χ4n) is 8.50. The van der Waals surface area contributed by atoms with Crippen LogP contribution in [0.15, 0.2) is 146 Å². The average Bonchev–Trinajstić information content (AvgIpc) is 3.33. The van der Waals surface area contributed by atoms with Crippen molar-refractivity contribution in [2.75, 3.05) is 33.0 Å². The standard InChI is InChI=1S/C28H31FO11.C20H23FO7.C14H13FO2/c1-16(30)35-15-24-25(36-17(2)31)26(37-18(3)32)27(38-19(4)33)28(40-24)39-23-8-6-5-7-20(23)13-14-34-22-11-9-21(29)10-12-22;21-13-5-7-14(8-6-13)26-10-9-12-3-1-2-4-15(12)27-20-19(25)18(24)17(23)16(11-22)28-20;15-12-5-7-13(8-6-12)17-10-9-11-3-1-2-4-14(11)16/h5-12,24-28H,13-15H2,1-4H3;1-8,16-20,22-25H,9-11H2;1-8,16H,9-10H2/t24-,25-,26+,27-,28?;16-,17-,18+,19-,20?;/m11./s1. The highest BCUT2D eigenvalue weighted by Crippen LogP contribution is 2.33. The van der Waals surface area contributed by atoms with Crippen molar-refractivity contribution in [3.8, 4) is 34.5 Å². The summed E-state index contributed by atoms with van der Waals surface area (Å²) in [5.74, 6) is -1.17. The molecular formula is C62H67F3O20. The van der Waals surface area contributed by atoms with Crippen molar-refractivity contribution < 1.29 is 110 Å². The molecule has 0 amide bonds. The van der Waals surface area contributed by atoms with E-state index in [4.69, 9.17) is 52.1 Å². The van der Waals surface area contributed by atoms with Crippen molar-refractivity contribution in [2.24, 2.45) is 0 Å². The summed E-state index contributed by atoms with van der Waals surface area (Å²) in [5, 5.41) is 48.7. The molecule has 0 radical (unpaired) electrons. The molecule has 2 unspecified atom stereocenters. The van der Waals surface area contributed by atoms with E-state index in [1.807, 2.05) is 24.3 Å². The maximum atomic E-state index is 13.2. The minimum atomic E-state index is -1.51. The molecule has 2 fully saturated rings. The Bertz CT molecular complexity index is 3040. The normalized spacial score (nSPS) is 21.4. The van der Waals surface area contributed by atoms with Gasteiger partial charge >= 0.3 is 23.9 Å². The largest absolute Gasteiger partial charge is 0.508 e. The third kappa shape index (κ3) is 21.0. The van der Waals surface area contributed by atoms with Crippen LogP contribution in [0.1, 0.15) is 44.4 Å². The molecule has 456 valence electrons. The Morgan fingerprint density at radius 1 is 0.447 bits per heavy atom. The number of benzene rings is 6. The lowest BCUT2D eigenvalue weighted by Gasteiger charge is -2.44. The highest BCUT2D eigenvalue weighted by molar-refractivity contribution is 5.69. The first kappa shape index (κ1) is 65.7. The number of carbonyl (C=O) groups excluding carboxylic acids is 4. The van der Waals surface area contributed by atoms with E-state index >= 15 is 0 Å². The first-order chi connectivity index (χ1) is 40.8. The van der Waals surface area contributed by atoms with Crippen LogP contribution in [0.4, 0.5) is 13.2 Å². The van der Waals surface area contributed by atoms with Gasteiger partial charge in [0.2, 0.25) is 18.7 Å². The molecule has 6 aromatic rings. The van der Waals surface area contributed by atoms with Gasteiger partial charge in [0, 0.05) is 47.0 Å². The number of ether oxygens (including phenoxy) is 11. The summed E-state index contributed by atoms with van der Waals surface area (Å²) >= 11 is 0. The first-order valence-electron chi connectivity index (χ1n) is 26.8. The predicted molar refractivity (Wildman–Crippen MR) is 295 cm³/mol. The monoisotopic (exact) mass is 1190 g/mol. The average molecular weight is 1190 g/mol. The van der Waals surface area contributed by atoms with Gasteiger partial charge in [0.15, 0.2) is 12.2 Å². The van der Waals surface area contributed by atoms with Crippen LogP contribution in [0.5, 0.6) is 34.5 Å². The Labute approximate surface area is 488 Å². The Morgan fingerprint density at radius 3 is 1.27 bits per heavy atom. The molecule has 0 aliphatic carbocycles. The van der Waals surface area contributed by atoms with Gasteiger partial charge in [0.1, 0.15) is 89.1 Å². The van der Waals surface area contributed by atoms with Crippen LogP contribution < -0.4 is 23.7 Å². The molecule has 0 spiro atoms. The molecule has 2 heterocycles. The lowest BCUT2D eigenvalue weighted by atomic mass is 9.98. The van der Waals surface area contributed by atoms with E-state index in [-0.39, 0.29) is 36.4 Å². The summed E-state index contributed by atoms with van der Waals surface area (Å²) in [7, 11) is 0. The summed E-state index contributed by atoms with van der Waals surface area (Å²) in [4.78, 5) is 47.5. The number of aliphatic hydroxyl groups is 4. The highest BCUT2D eigenvalue weighted by atomic mass is 19.1. The Hall–Kier alpha value is -8.45. The molecular weight excluding hydrogens is 1120 g/mol. The molecule has 8 rings (SSSR count). The summed E-state index contributed by atoms with van der Waals surface area (Å²) < 4.78 is 100. The van der Waals surface area contributed by atoms with Gasteiger partial charge in [-0.05, 0) is 108 Å². The number of phenolic OH excluding ortho intramolecular Hbond substituents is 1. The number of aromatic hydroxyl groups is 1. The van der Waals surface area contributed by atoms with Crippen molar-refractivity contribution in [3.05, 3.63) is 180 Å². The Morgan fingerprint density at radius 2 is 0.835 bits per heavy atom. The van der Waals surface area contributed by atoms with Crippen molar-refractivity contribution in [1.82, 2.24) is 0 Å². The Balaban J connectivity index is 0.000000222. The molecule has 5 N–H and O–H groups in total. The maximum absolute atomic E-state index is 13.2. The van der Waals surface area contributed by atoms with Gasteiger partial charge in [-0.3, -0.25) is 19.2 Å². The van der Waals surface area contributed by atoms with E-state index in [1.165, 1.54) is 67.6 Å². The number of hydrogen-bond acceptors (Lipinski definition) is 20. The first-order valence-corrected chi connectivity index (χ1v) is 26.8. The van der Waals surface area contributed by atoms with Crippen LogP contribution in [0, 0.1) is 17.5 Å². The zero-order valence-electron chi connectivity index (χ0n) is 46.8. The molecule has 2 aliphatic heterocycles. The van der Waals surface area contributed by atoms with Gasteiger partial charge in [-0.1, -0.05) is 54.6 Å². The summed E-state index contributed by atoms with van der Waals surface area (Å²) in [6.07, 6.45) is -11.8. The molecule has 0 aromatic heterocycles. The summed E-state index contributed by atoms with van der Waals surface area (Å²) in [5.41, 5.74) is 2.30. The molecule has 10 atom stereocenters. The second kappa shape index (κ2) is 33.1.